The topological polar surface area (TPSA) is 23.5 Å². The molecule has 1 aliphatic rings. The number of hydrogen-bond donors (Lipinski definition) is 1. The molecule has 2 nitrogen and oxygen atoms in total. The van der Waals surface area contributed by atoms with E-state index in [2.05, 4.69) is 24.0 Å². The van der Waals surface area contributed by atoms with Gasteiger partial charge in [-0.25, -0.2) is 4.39 Å². The van der Waals surface area contributed by atoms with Gasteiger partial charge in [-0.1, -0.05) is 30.3 Å². The first-order valence-corrected chi connectivity index (χ1v) is 5.73. The first-order chi connectivity index (χ1) is 7.64. The van der Waals surface area contributed by atoms with E-state index in [1.807, 2.05) is 18.2 Å². The lowest BCUT2D eigenvalue weighted by Crippen LogP contribution is -2.33. The third-order valence-electron chi connectivity index (χ3n) is 3.45. The van der Waals surface area contributed by atoms with Gasteiger partial charge in [0.2, 0.25) is 0 Å². The number of likely N-dealkylation sites (tertiary alicyclic amines) is 1. The summed E-state index contributed by atoms with van der Waals surface area (Å²) in [6.45, 7) is 2.76. The Morgan fingerprint density at radius 2 is 2.12 bits per heavy atom. The first-order valence-electron chi connectivity index (χ1n) is 5.73. The van der Waals surface area contributed by atoms with Gasteiger partial charge in [0.25, 0.3) is 0 Å². The molecule has 0 aromatic heterocycles. The van der Waals surface area contributed by atoms with Gasteiger partial charge in [0.15, 0.2) is 0 Å². The number of hydrogen-bond acceptors (Lipinski definition) is 2. The van der Waals surface area contributed by atoms with E-state index in [1.165, 1.54) is 5.56 Å². The van der Waals surface area contributed by atoms with Crippen LogP contribution in [0, 0.1) is 0 Å². The van der Waals surface area contributed by atoms with Crippen LogP contribution in [-0.4, -0.2) is 35.4 Å². The normalized spacial score (nSPS) is 28.2. The van der Waals surface area contributed by atoms with Crippen molar-refractivity contribution in [1.82, 2.24) is 4.90 Å². The van der Waals surface area contributed by atoms with Crippen molar-refractivity contribution in [2.24, 2.45) is 0 Å². The van der Waals surface area contributed by atoms with Crippen molar-refractivity contribution >= 4 is 0 Å². The Labute approximate surface area is 95.7 Å². The van der Waals surface area contributed by atoms with Crippen LogP contribution in [0.25, 0.3) is 0 Å². The average Bonchev–Trinajstić information content (AvgIpc) is 2.73. The molecule has 16 heavy (non-hydrogen) atoms. The maximum atomic E-state index is 13.9. The second kappa shape index (κ2) is 4.52. The fourth-order valence-electron chi connectivity index (χ4n) is 2.27. The summed E-state index contributed by atoms with van der Waals surface area (Å²) in [5.41, 5.74) is -0.201. The Morgan fingerprint density at radius 1 is 1.44 bits per heavy atom. The molecular weight excluding hydrogens is 205 g/mol. The minimum absolute atomic E-state index is 0.213. The quantitative estimate of drug-likeness (QED) is 0.848. The zero-order chi connectivity index (χ0) is 11.6. The molecule has 2 atom stereocenters. The van der Waals surface area contributed by atoms with Crippen LogP contribution in [0.15, 0.2) is 30.3 Å². The molecule has 1 aromatic carbocycles. The van der Waals surface area contributed by atoms with Gasteiger partial charge in [0, 0.05) is 19.1 Å². The van der Waals surface area contributed by atoms with Crippen LogP contribution in [0.4, 0.5) is 4.39 Å². The summed E-state index contributed by atoms with van der Waals surface area (Å²) in [5, 5.41) is 8.99. The van der Waals surface area contributed by atoms with Gasteiger partial charge in [-0.2, -0.15) is 0 Å². The lowest BCUT2D eigenvalue weighted by molar-refractivity contribution is 0.0727. The summed E-state index contributed by atoms with van der Waals surface area (Å²) in [6, 6.07) is 10.3. The largest absolute Gasteiger partial charge is 0.393 e. The summed E-state index contributed by atoms with van der Waals surface area (Å²) in [7, 11) is 0. The maximum Gasteiger partial charge on any atom is 0.147 e. The second-order valence-electron chi connectivity index (χ2n) is 4.62. The zero-order valence-electron chi connectivity index (χ0n) is 9.56. The highest BCUT2D eigenvalue weighted by Gasteiger charge is 2.39. The molecule has 1 N–H and O–H groups in total. The molecule has 88 valence electrons. The maximum absolute atomic E-state index is 13.9. The molecule has 0 aliphatic carbocycles. The van der Waals surface area contributed by atoms with Crippen molar-refractivity contribution in [3.05, 3.63) is 35.9 Å². The highest BCUT2D eigenvalue weighted by Crippen LogP contribution is 2.31. The third kappa shape index (κ3) is 2.25. The van der Waals surface area contributed by atoms with Gasteiger partial charge in [0.05, 0.1) is 6.61 Å². The Hall–Kier alpha value is -0.930. The van der Waals surface area contributed by atoms with Crippen molar-refractivity contribution in [2.45, 2.75) is 25.1 Å². The number of nitrogens with zero attached hydrogens (tertiary/aromatic N) is 1. The Morgan fingerprint density at radius 3 is 2.69 bits per heavy atom. The molecule has 1 saturated heterocycles. The van der Waals surface area contributed by atoms with E-state index in [4.69, 9.17) is 5.11 Å². The van der Waals surface area contributed by atoms with Crippen molar-refractivity contribution in [2.75, 3.05) is 19.7 Å². The Balaban J connectivity index is 2.05. The van der Waals surface area contributed by atoms with Gasteiger partial charge >= 0.3 is 0 Å². The van der Waals surface area contributed by atoms with Crippen LogP contribution in [0.5, 0.6) is 0 Å². The van der Waals surface area contributed by atoms with Crippen molar-refractivity contribution in [1.29, 1.82) is 0 Å². The van der Waals surface area contributed by atoms with E-state index in [0.717, 1.165) is 0 Å². The van der Waals surface area contributed by atoms with Crippen LogP contribution < -0.4 is 0 Å². The standard InChI is InChI=1S/C13H18FNO/c1-11(12-5-3-2-4-6-12)15-8-7-13(14,9-15)10-16/h2-6,11,16H,7-10H2,1H3/t11-,13-/m0/s1. The number of aliphatic hydroxyl groups is 1. The molecule has 2 rings (SSSR count). The summed E-state index contributed by atoms with van der Waals surface area (Å²) < 4.78 is 13.9. The molecule has 0 saturated carbocycles. The molecule has 0 amide bonds. The number of rotatable bonds is 3. The number of alkyl halides is 1. The van der Waals surface area contributed by atoms with E-state index in [1.54, 1.807) is 0 Å². The monoisotopic (exact) mass is 223 g/mol. The molecule has 0 unspecified atom stereocenters. The molecule has 0 radical (unpaired) electrons. The fraction of sp³-hybridized carbons (Fsp3) is 0.538. The van der Waals surface area contributed by atoms with E-state index in [0.29, 0.717) is 19.5 Å². The molecular formula is C13H18FNO. The molecule has 0 bridgehead atoms. The fourth-order valence-corrected chi connectivity index (χ4v) is 2.27. The van der Waals surface area contributed by atoms with E-state index in [-0.39, 0.29) is 12.6 Å². The van der Waals surface area contributed by atoms with Crippen LogP contribution in [0.2, 0.25) is 0 Å². The molecule has 1 fully saturated rings. The number of benzene rings is 1. The van der Waals surface area contributed by atoms with Crippen LogP contribution >= 0.6 is 0 Å². The van der Waals surface area contributed by atoms with Crippen LogP contribution in [0.1, 0.15) is 24.9 Å². The smallest absolute Gasteiger partial charge is 0.147 e. The third-order valence-corrected chi connectivity index (χ3v) is 3.45. The molecule has 3 heteroatoms. The van der Waals surface area contributed by atoms with Gasteiger partial charge in [0.1, 0.15) is 5.67 Å². The predicted octanol–water partition coefficient (Wildman–Crippen LogP) is 2.15. The summed E-state index contributed by atoms with van der Waals surface area (Å²) in [4.78, 5) is 2.09. The van der Waals surface area contributed by atoms with Crippen LogP contribution in [-0.2, 0) is 0 Å². The molecule has 1 aliphatic heterocycles. The summed E-state index contributed by atoms with van der Waals surface area (Å²) in [5.74, 6) is 0. The van der Waals surface area contributed by atoms with Crippen LogP contribution in [0.3, 0.4) is 0 Å². The van der Waals surface area contributed by atoms with Gasteiger partial charge in [-0.05, 0) is 18.9 Å². The SMILES string of the molecule is C[C@@H](c1ccccc1)N1CC[C@@](F)(CO)C1. The minimum Gasteiger partial charge on any atom is -0.393 e. The Kier molecular flexibility index (Phi) is 3.26. The predicted molar refractivity (Wildman–Crippen MR) is 62.0 cm³/mol. The zero-order valence-corrected chi connectivity index (χ0v) is 9.56. The van der Waals surface area contributed by atoms with Gasteiger partial charge in [-0.3, -0.25) is 4.90 Å². The van der Waals surface area contributed by atoms with E-state index < -0.39 is 5.67 Å². The first kappa shape index (κ1) is 11.6. The molecule has 1 aromatic rings. The average molecular weight is 223 g/mol. The van der Waals surface area contributed by atoms with E-state index >= 15 is 0 Å². The second-order valence-corrected chi connectivity index (χ2v) is 4.62. The van der Waals surface area contributed by atoms with Gasteiger partial charge in [-0.15, -0.1) is 0 Å². The number of halogens is 1. The Bertz CT molecular complexity index is 343. The highest BCUT2D eigenvalue weighted by molar-refractivity contribution is 5.19. The minimum atomic E-state index is -1.40. The van der Waals surface area contributed by atoms with Crippen molar-refractivity contribution < 1.29 is 9.50 Å². The van der Waals surface area contributed by atoms with Gasteiger partial charge < -0.3 is 5.11 Å². The van der Waals surface area contributed by atoms with Crippen molar-refractivity contribution in [3.8, 4) is 0 Å². The summed E-state index contributed by atoms with van der Waals surface area (Å²) in [6.07, 6.45) is 0.431. The molecule has 0 spiro atoms. The van der Waals surface area contributed by atoms with Crippen molar-refractivity contribution in [3.63, 3.8) is 0 Å². The molecule has 1 heterocycles. The number of aliphatic hydroxyl groups excluding tert-OH is 1. The lowest BCUT2D eigenvalue weighted by atomic mass is 10.1. The lowest BCUT2D eigenvalue weighted by Gasteiger charge is -2.25. The summed E-state index contributed by atoms with van der Waals surface area (Å²) >= 11 is 0. The highest BCUT2D eigenvalue weighted by atomic mass is 19.1. The van der Waals surface area contributed by atoms with E-state index in [9.17, 15) is 4.39 Å².